The minimum Gasteiger partial charge on any atom is -0.392 e. The number of nitrogens with zero attached hydrogens (tertiary/aromatic N) is 1. The number of aliphatic hydroxyl groups excluding tert-OH is 1. The molecule has 1 aliphatic heterocycles. The van der Waals surface area contributed by atoms with Gasteiger partial charge in [0.2, 0.25) is 5.91 Å². The maximum atomic E-state index is 12.2. The highest BCUT2D eigenvalue weighted by Gasteiger charge is 2.22. The Kier molecular flexibility index (Phi) is 5.92. The molecule has 0 radical (unpaired) electrons. The number of aliphatic hydroxyl groups is 1. The zero-order valence-corrected chi connectivity index (χ0v) is 12.9. The van der Waals surface area contributed by atoms with Crippen LogP contribution in [0.5, 0.6) is 0 Å². The molecule has 1 unspecified atom stereocenters. The van der Waals surface area contributed by atoms with Crippen LogP contribution >= 0.6 is 11.8 Å². The molecular weight excluding hydrogens is 270 g/mol. The normalized spacial score (nSPS) is 19.1. The third-order valence-corrected chi connectivity index (χ3v) is 4.81. The minimum atomic E-state index is 0.0821. The van der Waals surface area contributed by atoms with E-state index in [0.717, 1.165) is 30.7 Å². The van der Waals surface area contributed by atoms with Crippen molar-refractivity contribution in [2.75, 3.05) is 12.3 Å². The van der Waals surface area contributed by atoms with E-state index in [0.29, 0.717) is 11.8 Å². The lowest BCUT2D eigenvalue weighted by atomic mass is 10.0. The minimum absolute atomic E-state index is 0.0821. The molecule has 1 heterocycles. The Bertz CT molecular complexity index is 433. The predicted octanol–water partition coefficient (Wildman–Crippen LogP) is 2.81. The molecule has 0 spiro atoms. The Labute approximate surface area is 125 Å². The summed E-state index contributed by atoms with van der Waals surface area (Å²) in [5, 5.41) is 8.99. The first-order chi connectivity index (χ1) is 9.70. The number of amides is 1. The van der Waals surface area contributed by atoms with Crippen LogP contribution in [0, 0.1) is 0 Å². The van der Waals surface area contributed by atoms with Crippen molar-refractivity contribution in [2.24, 2.45) is 0 Å². The Morgan fingerprint density at radius 3 is 2.65 bits per heavy atom. The first kappa shape index (κ1) is 15.4. The molecule has 1 saturated heterocycles. The summed E-state index contributed by atoms with van der Waals surface area (Å²) < 4.78 is 0. The van der Waals surface area contributed by atoms with E-state index in [4.69, 9.17) is 5.11 Å². The molecule has 3 nitrogen and oxygen atoms in total. The highest BCUT2D eigenvalue weighted by molar-refractivity contribution is 7.99. The number of hydrogen-bond donors (Lipinski definition) is 1. The van der Waals surface area contributed by atoms with Crippen molar-refractivity contribution in [3.8, 4) is 0 Å². The van der Waals surface area contributed by atoms with E-state index in [1.807, 2.05) is 29.2 Å². The van der Waals surface area contributed by atoms with E-state index < -0.39 is 0 Å². The molecule has 110 valence electrons. The fourth-order valence-corrected chi connectivity index (χ4v) is 3.42. The summed E-state index contributed by atoms with van der Waals surface area (Å²) in [7, 11) is 0. The summed E-state index contributed by atoms with van der Waals surface area (Å²) >= 11 is 1.67. The van der Waals surface area contributed by atoms with Crippen LogP contribution in [0.25, 0.3) is 0 Å². The second-order valence-electron chi connectivity index (χ2n) is 5.40. The quantitative estimate of drug-likeness (QED) is 0.907. The van der Waals surface area contributed by atoms with Crippen molar-refractivity contribution in [1.82, 2.24) is 4.90 Å². The van der Waals surface area contributed by atoms with E-state index in [1.54, 1.807) is 11.8 Å². The van der Waals surface area contributed by atoms with Crippen LogP contribution in [0.4, 0.5) is 0 Å². The number of hydrogen-bond acceptors (Lipinski definition) is 3. The zero-order chi connectivity index (χ0) is 14.4. The van der Waals surface area contributed by atoms with Gasteiger partial charge in [0.05, 0.1) is 12.4 Å². The van der Waals surface area contributed by atoms with Crippen LogP contribution in [0.2, 0.25) is 0 Å². The molecule has 20 heavy (non-hydrogen) atoms. The monoisotopic (exact) mass is 293 g/mol. The molecule has 1 aliphatic rings. The summed E-state index contributed by atoms with van der Waals surface area (Å²) in [6.45, 7) is 3.15. The molecular formula is C16H23NO2S. The fraction of sp³-hybridized carbons (Fsp3) is 0.562. The largest absolute Gasteiger partial charge is 0.392 e. The van der Waals surface area contributed by atoms with E-state index in [-0.39, 0.29) is 12.5 Å². The first-order valence-corrected chi connectivity index (χ1v) is 8.42. The highest BCUT2D eigenvalue weighted by atomic mass is 32.2. The summed E-state index contributed by atoms with van der Waals surface area (Å²) in [6.07, 6.45) is 3.53. The maximum absolute atomic E-state index is 12.2. The lowest BCUT2D eigenvalue weighted by molar-refractivity contribution is -0.131. The molecule has 1 atom stereocenters. The van der Waals surface area contributed by atoms with Gasteiger partial charge >= 0.3 is 0 Å². The van der Waals surface area contributed by atoms with Gasteiger partial charge in [-0.25, -0.2) is 0 Å². The smallest absolute Gasteiger partial charge is 0.232 e. The Balaban J connectivity index is 1.75. The topological polar surface area (TPSA) is 40.5 Å². The van der Waals surface area contributed by atoms with Crippen molar-refractivity contribution in [1.29, 1.82) is 0 Å². The number of likely N-dealkylation sites (tertiary alicyclic amines) is 1. The zero-order valence-electron chi connectivity index (χ0n) is 12.0. The Hall–Kier alpha value is -1.00. The van der Waals surface area contributed by atoms with Gasteiger partial charge in [0.25, 0.3) is 0 Å². The van der Waals surface area contributed by atoms with Crippen LogP contribution in [-0.4, -0.2) is 34.3 Å². The number of carbonyl (C=O) groups excluding carboxylic acids is 1. The molecule has 0 aliphatic carbocycles. The highest BCUT2D eigenvalue weighted by Crippen LogP contribution is 2.19. The van der Waals surface area contributed by atoms with Gasteiger partial charge in [0.1, 0.15) is 0 Å². The van der Waals surface area contributed by atoms with Gasteiger partial charge in [-0.15, -0.1) is 11.8 Å². The SMILES string of the molecule is CC1CCCCN1C(=O)CSCc1ccc(CO)cc1. The van der Waals surface area contributed by atoms with Crippen molar-refractivity contribution in [3.05, 3.63) is 35.4 Å². The van der Waals surface area contributed by atoms with Gasteiger partial charge < -0.3 is 10.0 Å². The first-order valence-electron chi connectivity index (χ1n) is 7.26. The second-order valence-corrected chi connectivity index (χ2v) is 6.38. The van der Waals surface area contributed by atoms with Crippen LogP contribution in [0.15, 0.2) is 24.3 Å². The predicted molar refractivity (Wildman–Crippen MR) is 83.6 cm³/mol. The average molecular weight is 293 g/mol. The average Bonchev–Trinajstić information content (AvgIpc) is 2.48. The molecule has 1 aromatic carbocycles. The molecule has 0 bridgehead atoms. The molecule has 2 rings (SSSR count). The van der Waals surface area contributed by atoms with Gasteiger partial charge in [-0.2, -0.15) is 0 Å². The van der Waals surface area contributed by atoms with Crippen LogP contribution in [0.3, 0.4) is 0 Å². The van der Waals surface area contributed by atoms with Gasteiger partial charge in [-0.05, 0) is 37.3 Å². The van der Waals surface area contributed by atoms with E-state index in [1.165, 1.54) is 12.0 Å². The van der Waals surface area contributed by atoms with Crippen LogP contribution in [0.1, 0.15) is 37.3 Å². The summed E-state index contributed by atoms with van der Waals surface area (Å²) in [5.41, 5.74) is 2.13. The van der Waals surface area contributed by atoms with Crippen LogP contribution < -0.4 is 0 Å². The van der Waals surface area contributed by atoms with Crippen molar-refractivity contribution >= 4 is 17.7 Å². The van der Waals surface area contributed by atoms with E-state index in [9.17, 15) is 4.79 Å². The third-order valence-electron chi connectivity index (χ3n) is 3.82. The Morgan fingerprint density at radius 2 is 2.00 bits per heavy atom. The van der Waals surface area contributed by atoms with Gasteiger partial charge in [0, 0.05) is 18.3 Å². The lowest BCUT2D eigenvalue weighted by Crippen LogP contribution is -2.42. The third kappa shape index (κ3) is 4.25. The standard InChI is InChI=1S/C16H23NO2S/c1-13-4-2-3-9-17(13)16(19)12-20-11-15-7-5-14(10-18)6-8-15/h5-8,13,18H,2-4,9-12H2,1H3. The van der Waals surface area contributed by atoms with Gasteiger partial charge in [-0.3, -0.25) is 4.79 Å². The van der Waals surface area contributed by atoms with Gasteiger partial charge in [-0.1, -0.05) is 24.3 Å². The summed E-state index contributed by atoms with van der Waals surface area (Å²) in [6, 6.07) is 8.31. The number of thioether (sulfide) groups is 1. The van der Waals surface area contributed by atoms with Crippen molar-refractivity contribution in [2.45, 2.75) is 44.6 Å². The number of carbonyl (C=O) groups is 1. The molecule has 1 N–H and O–H groups in total. The summed E-state index contributed by atoms with van der Waals surface area (Å²) in [5.74, 6) is 1.68. The number of benzene rings is 1. The fourth-order valence-electron chi connectivity index (χ4n) is 2.55. The Morgan fingerprint density at radius 1 is 1.30 bits per heavy atom. The van der Waals surface area contributed by atoms with E-state index >= 15 is 0 Å². The molecule has 1 amide bonds. The molecule has 4 heteroatoms. The van der Waals surface area contributed by atoms with Gasteiger partial charge in [0.15, 0.2) is 0 Å². The number of rotatable bonds is 5. The van der Waals surface area contributed by atoms with Crippen LogP contribution in [-0.2, 0) is 17.2 Å². The lowest BCUT2D eigenvalue weighted by Gasteiger charge is -2.33. The summed E-state index contributed by atoms with van der Waals surface area (Å²) in [4.78, 5) is 14.2. The van der Waals surface area contributed by atoms with Crippen molar-refractivity contribution in [3.63, 3.8) is 0 Å². The molecule has 1 fully saturated rings. The number of piperidine rings is 1. The maximum Gasteiger partial charge on any atom is 0.232 e. The van der Waals surface area contributed by atoms with E-state index in [2.05, 4.69) is 6.92 Å². The molecule has 0 saturated carbocycles. The second kappa shape index (κ2) is 7.70. The van der Waals surface area contributed by atoms with Crippen molar-refractivity contribution < 1.29 is 9.90 Å². The molecule has 1 aromatic rings. The molecule has 0 aromatic heterocycles.